The van der Waals surface area contributed by atoms with Gasteiger partial charge in [0.05, 0.1) is 19.7 Å². The minimum absolute atomic E-state index is 0.257. The molecular weight excluding hydrogens is 234 g/mol. The maximum absolute atomic E-state index is 11.4. The van der Waals surface area contributed by atoms with Crippen LogP contribution in [0.2, 0.25) is 0 Å². The molecule has 2 rings (SSSR count). The fourth-order valence-electron chi connectivity index (χ4n) is 1.60. The van der Waals surface area contributed by atoms with E-state index in [0.717, 1.165) is 18.7 Å². The Kier molecular flexibility index (Phi) is 4.14. The maximum Gasteiger partial charge on any atom is 0.374 e. The van der Waals surface area contributed by atoms with E-state index in [0.29, 0.717) is 6.54 Å². The summed E-state index contributed by atoms with van der Waals surface area (Å²) in [7, 11) is 1.33. The molecule has 0 unspecified atom stereocenters. The molecule has 0 amide bonds. The maximum atomic E-state index is 11.4. The number of rotatable bonds is 6. The smallest absolute Gasteiger partial charge is 0.374 e. The van der Waals surface area contributed by atoms with Gasteiger partial charge in [-0.05, 0) is 6.07 Å². The molecule has 0 saturated heterocycles. The van der Waals surface area contributed by atoms with E-state index in [9.17, 15) is 4.79 Å². The molecule has 0 radical (unpaired) electrons. The first-order valence-corrected chi connectivity index (χ1v) is 5.62. The molecule has 0 aliphatic heterocycles. The third-order valence-electron chi connectivity index (χ3n) is 2.54. The van der Waals surface area contributed by atoms with Crippen molar-refractivity contribution in [1.29, 1.82) is 0 Å². The topological polar surface area (TPSA) is 69.3 Å². The third-order valence-corrected chi connectivity index (χ3v) is 2.54. The standard InChI is InChI=1S/C12H15N3O3/c1-17-12(16)11-10(2-7-18-11)8-13-3-5-15-6-4-14-9-15/h2,4,6-7,9,13H,3,5,8H2,1H3. The molecule has 0 fully saturated rings. The van der Waals surface area contributed by atoms with E-state index >= 15 is 0 Å². The predicted octanol–water partition coefficient (Wildman–Crippen LogP) is 1.05. The summed E-state index contributed by atoms with van der Waals surface area (Å²) in [6.45, 7) is 2.17. The summed E-state index contributed by atoms with van der Waals surface area (Å²) in [6.07, 6.45) is 6.89. The quantitative estimate of drug-likeness (QED) is 0.612. The third kappa shape index (κ3) is 2.98. The van der Waals surface area contributed by atoms with Crippen LogP contribution < -0.4 is 5.32 Å². The number of furan rings is 1. The largest absolute Gasteiger partial charge is 0.463 e. The van der Waals surface area contributed by atoms with Gasteiger partial charge < -0.3 is 19.0 Å². The molecule has 0 aliphatic rings. The molecule has 0 spiro atoms. The Labute approximate surface area is 105 Å². The van der Waals surface area contributed by atoms with E-state index in [4.69, 9.17) is 4.42 Å². The number of imidazole rings is 1. The molecule has 6 nitrogen and oxygen atoms in total. The SMILES string of the molecule is COC(=O)c1occc1CNCCn1ccnc1. The fourth-order valence-corrected chi connectivity index (χ4v) is 1.60. The molecule has 2 heterocycles. The molecule has 1 N–H and O–H groups in total. The Morgan fingerprint density at radius 1 is 1.61 bits per heavy atom. The van der Waals surface area contributed by atoms with Crippen LogP contribution in [0.1, 0.15) is 16.1 Å². The molecule has 0 aliphatic carbocycles. The van der Waals surface area contributed by atoms with E-state index in [1.165, 1.54) is 13.4 Å². The monoisotopic (exact) mass is 249 g/mol. The van der Waals surface area contributed by atoms with E-state index in [-0.39, 0.29) is 5.76 Å². The Morgan fingerprint density at radius 2 is 2.50 bits per heavy atom. The molecule has 0 aromatic carbocycles. The zero-order valence-corrected chi connectivity index (χ0v) is 10.1. The van der Waals surface area contributed by atoms with Crippen molar-refractivity contribution in [3.8, 4) is 0 Å². The van der Waals surface area contributed by atoms with Gasteiger partial charge in [0.2, 0.25) is 5.76 Å². The van der Waals surface area contributed by atoms with Crippen LogP contribution in [0.15, 0.2) is 35.5 Å². The van der Waals surface area contributed by atoms with E-state index in [1.807, 2.05) is 10.8 Å². The first-order chi connectivity index (χ1) is 8.81. The van der Waals surface area contributed by atoms with Crippen molar-refractivity contribution in [3.05, 3.63) is 42.4 Å². The number of nitrogens with one attached hydrogen (secondary N) is 1. The van der Waals surface area contributed by atoms with Gasteiger partial charge in [-0.15, -0.1) is 0 Å². The Hall–Kier alpha value is -2.08. The second-order valence-corrected chi connectivity index (χ2v) is 3.74. The van der Waals surface area contributed by atoms with E-state index in [1.54, 1.807) is 18.6 Å². The van der Waals surface area contributed by atoms with Crippen molar-refractivity contribution in [2.45, 2.75) is 13.1 Å². The van der Waals surface area contributed by atoms with Crippen molar-refractivity contribution in [1.82, 2.24) is 14.9 Å². The summed E-state index contributed by atoms with van der Waals surface area (Å²) in [6, 6.07) is 1.76. The zero-order chi connectivity index (χ0) is 12.8. The molecule has 96 valence electrons. The minimum Gasteiger partial charge on any atom is -0.463 e. The van der Waals surface area contributed by atoms with Gasteiger partial charge in [-0.1, -0.05) is 0 Å². The van der Waals surface area contributed by atoms with Crippen LogP contribution in [0.3, 0.4) is 0 Å². The summed E-state index contributed by atoms with van der Waals surface area (Å²) in [4.78, 5) is 15.3. The molecular formula is C12H15N3O3. The van der Waals surface area contributed by atoms with Crippen LogP contribution in [0, 0.1) is 0 Å². The number of aromatic nitrogens is 2. The van der Waals surface area contributed by atoms with Crippen molar-refractivity contribution in [3.63, 3.8) is 0 Å². The highest BCUT2D eigenvalue weighted by molar-refractivity contribution is 5.87. The minimum atomic E-state index is -0.452. The van der Waals surface area contributed by atoms with E-state index in [2.05, 4.69) is 15.0 Å². The van der Waals surface area contributed by atoms with Gasteiger partial charge in [0.1, 0.15) is 0 Å². The van der Waals surface area contributed by atoms with Gasteiger partial charge >= 0.3 is 5.97 Å². The first kappa shape index (κ1) is 12.4. The highest BCUT2D eigenvalue weighted by atomic mass is 16.5. The zero-order valence-electron chi connectivity index (χ0n) is 10.1. The van der Waals surface area contributed by atoms with E-state index < -0.39 is 5.97 Å². The fraction of sp³-hybridized carbons (Fsp3) is 0.333. The predicted molar refractivity (Wildman–Crippen MR) is 64.0 cm³/mol. The second kappa shape index (κ2) is 6.02. The number of hydrogen-bond acceptors (Lipinski definition) is 5. The lowest BCUT2D eigenvalue weighted by molar-refractivity contribution is 0.0563. The average molecular weight is 249 g/mol. The summed E-state index contributed by atoms with van der Waals surface area (Å²) >= 11 is 0. The van der Waals surface area contributed by atoms with Crippen molar-refractivity contribution >= 4 is 5.97 Å². The Bertz CT molecular complexity index is 490. The first-order valence-electron chi connectivity index (χ1n) is 5.62. The molecule has 0 atom stereocenters. The van der Waals surface area contributed by atoms with Gasteiger partial charge in [-0.3, -0.25) is 0 Å². The number of ether oxygens (including phenoxy) is 1. The van der Waals surface area contributed by atoms with Crippen LogP contribution in [0.25, 0.3) is 0 Å². The van der Waals surface area contributed by atoms with Gasteiger partial charge in [0, 0.05) is 37.6 Å². The van der Waals surface area contributed by atoms with Gasteiger partial charge in [0.25, 0.3) is 0 Å². The summed E-state index contributed by atoms with van der Waals surface area (Å²) in [5.74, 6) is -0.195. The lowest BCUT2D eigenvalue weighted by Gasteiger charge is -2.05. The summed E-state index contributed by atoms with van der Waals surface area (Å²) in [5, 5.41) is 3.23. The average Bonchev–Trinajstić information content (AvgIpc) is 3.04. The second-order valence-electron chi connectivity index (χ2n) is 3.74. The van der Waals surface area contributed by atoms with Crippen LogP contribution in [0.4, 0.5) is 0 Å². The molecule has 6 heteroatoms. The molecule has 0 saturated carbocycles. The van der Waals surface area contributed by atoms with Gasteiger partial charge in [-0.25, -0.2) is 9.78 Å². The molecule has 2 aromatic heterocycles. The van der Waals surface area contributed by atoms with Gasteiger partial charge in [0.15, 0.2) is 0 Å². The van der Waals surface area contributed by atoms with Crippen molar-refractivity contribution in [2.24, 2.45) is 0 Å². The number of hydrogen-bond donors (Lipinski definition) is 1. The number of methoxy groups -OCH3 is 1. The molecule has 18 heavy (non-hydrogen) atoms. The Morgan fingerprint density at radius 3 is 3.22 bits per heavy atom. The van der Waals surface area contributed by atoms with Crippen LogP contribution in [0.5, 0.6) is 0 Å². The summed E-state index contributed by atoms with van der Waals surface area (Å²) < 4.78 is 11.7. The van der Waals surface area contributed by atoms with Gasteiger partial charge in [-0.2, -0.15) is 0 Å². The summed E-state index contributed by atoms with van der Waals surface area (Å²) in [5.41, 5.74) is 0.799. The molecule has 2 aromatic rings. The highest BCUT2D eigenvalue weighted by Gasteiger charge is 2.14. The van der Waals surface area contributed by atoms with Crippen molar-refractivity contribution in [2.75, 3.05) is 13.7 Å². The number of esters is 1. The van der Waals surface area contributed by atoms with Crippen LogP contribution in [-0.4, -0.2) is 29.2 Å². The number of carbonyl (C=O) groups excluding carboxylic acids is 1. The Balaban J connectivity index is 1.80. The molecule has 0 bridgehead atoms. The number of carbonyl (C=O) groups is 1. The van der Waals surface area contributed by atoms with Crippen LogP contribution in [-0.2, 0) is 17.8 Å². The lowest BCUT2D eigenvalue weighted by Crippen LogP contribution is -2.20. The van der Waals surface area contributed by atoms with Crippen LogP contribution >= 0.6 is 0 Å². The van der Waals surface area contributed by atoms with Crippen molar-refractivity contribution < 1.29 is 13.9 Å². The normalized spacial score (nSPS) is 10.5. The highest BCUT2D eigenvalue weighted by Crippen LogP contribution is 2.11. The number of nitrogens with zero attached hydrogens (tertiary/aromatic N) is 2. The lowest BCUT2D eigenvalue weighted by atomic mass is 10.2.